The molecule has 0 unspecified atom stereocenters. The Labute approximate surface area is 168 Å². The molecule has 5 nitrogen and oxygen atoms in total. The molecule has 2 atom stereocenters. The summed E-state index contributed by atoms with van der Waals surface area (Å²) in [4.78, 5) is 18.3. The zero-order valence-electron chi connectivity index (χ0n) is 16.9. The molecular weight excluding hydrogens is 381 g/mol. The van der Waals surface area contributed by atoms with Gasteiger partial charge in [0, 0.05) is 48.4 Å². The van der Waals surface area contributed by atoms with Gasteiger partial charge in [0.2, 0.25) is 5.91 Å². The van der Waals surface area contributed by atoms with Gasteiger partial charge in [-0.25, -0.2) is 0 Å². The predicted octanol–water partition coefficient (Wildman–Crippen LogP) is 3.71. The maximum atomic E-state index is 13.4. The van der Waals surface area contributed by atoms with E-state index in [0.29, 0.717) is 24.2 Å². The Morgan fingerprint density at radius 1 is 1.28 bits per heavy atom. The molecular formula is C21H27F3N4O. The molecule has 0 bridgehead atoms. The summed E-state index contributed by atoms with van der Waals surface area (Å²) in [7, 11) is 0. The lowest BCUT2D eigenvalue weighted by Crippen LogP contribution is -2.52. The highest BCUT2D eigenvalue weighted by atomic mass is 19.4. The van der Waals surface area contributed by atoms with Crippen molar-refractivity contribution in [2.75, 3.05) is 18.0 Å². The SMILES string of the molecule is C[C@H]1C[C@@H](NC(=O)CC(C)(C)N)CN(c2ccc(C(F)(F)F)c3ncccc23)C1. The average Bonchev–Trinajstić information content (AvgIpc) is 2.57. The fourth-order valence-corrected chi connectivity index (χ4v) is 4.01. The third-order valence-corrected chi connectivity index (χ3v) is 5.03. The van der Waals surface area contributed by atoms with Crippen LogP contribution in [-0.2, 0) is 11.0 Å². The number of rotatable bonds is 4. The Kier molecular flexibility index (Phi) is 5.76. The van der Waals surface area contributed by atoms with E-state index in [0.717, 1.165) is 12.5 Å². The van der Waals surface area contributed by atoms with Gasteiger partial charge in [-0.3, -0.25) is 9.78 Å². The van der Waals surface area contributed by atoms with Crippen LogP contribution < -0.4 is 16.0 Å². The molecule has 0 spiro atoms. The first-order chi connectivity index (χ1) is 13.4. The number of anilines is 1. The fraction of sp³-hybridized carbons (Fsp3) is 0.524. The second-order valence-corrected chi connectivity index (χ2v) is 8.71. The maximum Gasteiger partial charge on any atom is 0.418 e. The van der Waals surface area contributed by atoms with Crippen LogP contribution in [0.5, 0.6) is 0 Å². The minimum atomic E-state index is -4.47. The third-order valence-electron chi connectivity index (χ3n) is 5.03. The van der Waals surface area contributed by atoms with Gasteiger partial charge in [0.1, 0.15) is 0 Å². The number of nitrogens with zero attached hydrogens (tertiary/aromatic N) is 2. The van der Waals surface area contributed by atoms with E-state index in [4.69, 9.17) is 5.73 Å². The van der Waals surface area contributed by atoms with Crippen molar-refractivity contribution in [3.05, 3.63) is 36.0 Å². The van der Waals surface area contributed by atoms with Crippen LogP contribution in [-0.4, -0.2) is 35.6 Å². The number of halogens is 3. The van der Waals surface area contributed by atoms with Crippen LogP contribution in [0.2, 0.25) is 0 Å². The van der Waals surface area contributed by atoms with E-state index in [2.05, 4.69) is 17.2 Å². The zero-order chi connectivity index (χ0) is 21.4. The van der Waals surface area contributed by atoms with E-state index >= 15 is 0 Å². The molecule has 1 amide bonds. The summed E-state index contributed by atoms with van der Waals surface area (Å²) in [6.45, 7) is 6.89. The van der Waals surface area contributed by atoms with Crippen molar-refractivity contribution in [1.29, 1.82) is 0 Å². The standard InChI is InChI=1S/C21H27F3N4O/c1-13-9-14(27-18(29)10-20(2,3)25)12-28(11-13)17-7-6-16(21(22,23)24)19-15(17)5-4-8-26-19/h4-8,13-14H,9-12,25H2,1-3H3,(H,27,29)/t13-,14+/m0/s1. The highest BCUT2D eigenvalue weighted by molar-refractivity contribution is 5.94. The van der Waals surface area contributed by atoms with Gasteiger partial charge in [-0.1, -0.05) is 6.92 Å². The van der Waals surface area contributed by atoms with Crippen molar-refractivity contribution >= 4 is 22.5 Å². The van der Waals surface area contributed by atoms with Crippen molar-refractivity contribution in [1.82, 2.24) is 10.3 Å². The van der Waals surface area contributed by atoms with Crippen molar-refractivity contribution in [3.8, 4) is 0 Å². The normalized spacial score (nSPS) is 20.7. The van der Waals surface area contributed by atoms with Crippen LogP contribution >= 0.6 is 0 Å². The average molecular weight is 408 g/mol. The van der Waals surface area contributed by atoms with Gasteiger partial charge in [-0.2, -0.15) is 13.2 Å². The zero-order valence-corrected chi connectivity index (χ0v) is 16.9. The van der Waals surface area contributed by atoms with Crippen molar-refractivity contribution in [2.24, 2.45) is 11.7 Å². The molecule has 8 heteroatoms. The van der Waals surface area contributed by atoms with Crippen LogP contribution in [0, 0.1) is 5.92 Å². The van der Waals surface area contributed by atoms with Crippen LogP contribution in [0.15, 0.2) is 30.5 Å². The molecule has 3 N–H and O–H groups in total. The molecule has 1 aliphatic heterocycles. The summed E-state index contributed by atoms with van der Waals surface area (Å²) < 4.78 is 40.1. The van der Waals surface area contributed by atoms with Crippen molar-refractivity contribution in [2.45, 2.75) is 51.4 Å². The largest absolute Gasteiger partial charge is 0.418 e. The fourth-order valence-electron chi connectivity index (χ4n) is 4.01. The van der Waals surface area contributed by atoms with Gasteiger partial charge in [0.25, 0.3) is 0 Å². The van der Waals surface area contributed by atoms with E-state index in [1.807, 2.05) is 4.90 Å². The molecule has 3 rings (SSSR count). The number of hydrogen-bond donors (Lipinski definition) is 2. The number of aromatic nitrogens is 1. The summed E-state index contributed by atoms with van der Waals surface area (Å²) >= 11 is 0. The summed E-state index contributed by atoms with van der Waals surface area (Å²) in [6, 6.07) is 5.81. The highest BCUT2D eigenvalue weighted by Gasteiger charge is 2.35. The molecule has 0 aliphatic carbocycles. The number of amides is 1. The Hall–Kier alpha value is -2.35. The lowest BCUT2D eigenvalue weighted by Gasteiger charge is -2.39. The lowest BCUT2D eigenvalue weighted by molar-refractivity contribution is -0.136. The first kappa shape index (κ1) is 21.4. The van der Waals surface area contributed by atoms with Gasteiger partial charge in [-0.15, -0.1) is 0 Å². The number of piperidine rings is 1. The smallest absolute Gasteiger partial charge is 0.369 e. The number of benzene rings is 1. The Balaban J connectivity index is 1.88. The molecule has 2 heterocycles. The van der Waals surface area contributed by atoms with Crippen molar-refractivity contribution < 1.29 is 18.0 Å². The van der Waals surface area contributed by atoms with Gasteiger partial charge >= 0.3 is 6.18 Å². The van der Waals surface area contributed by atoms with E-state index in [1.54, 1.807) is 26.0 Å². The molecule has 0 radical (unpaired) electrons. The summed E-state index contributed by atoms with van der Waals surface area (Å²) in [5.41, 5.74) is 5.24. The Morgan fingerprint density at radius 2 is 2.00 bits per heavy atom. The molecule has 1 fully saturated rings. The number of nitrogens with one attached hydrogen (secondary N) is 1. The van der Waals surface area contributed by atoms with E-state index in [9.17, 15) is 18.0 Å². The summed E-state index contributed by atoms with van der Waals surface area (Å²) in [5.74, 6) is 0.157. The number of fused-ring (bicyclic) bond motifs is 1. The maximum absolute atomic E-state index is 13.4. The molecule has 2 aromatic rings. The highest BCUT2D eigenvalue weighted by Crippen LogP contribution is 2.38. The molecule has 29 heavy (non-hydrogen) atoms. The molecule has 1 aliphatic rings. The molecule has 0 saturated carbocycles. The number of nitrogens with two attached hydrogens (primary N) is 1. The van der Waals surface area contributed by atoms with E-state index in [-0.39, 0.29) is 29.8 Å². The second-order valence-electron chi connectivity index (χ2n) is 8.71. The van der Waals surface area contributed by atoms with Gasteiger partial charge < -0.3 is 16.0 Å². The minimum absolute atomic E-state index is 0.0545. The molecule has 1 aromatic heterocycles. The number of carbonyl (C=O) groups excluding carboxylic acids is 1. The Morgan fingerprint density at radius 3 is 2.66 bits per heavy atom. The van der Waals surface area contributed by atoms with Crippen LogP contribution in [0.1, 0.15) is 39.2 Å². The molecule has 1 aromatic carbocycles. The summed E-state index contributed by atoms with van der Waals surface area (Å²) in [5, 5.41) is 3.50. The quantitative estimate of drug-likeness (QED) is 0.809. The monoisotopic (exact) mass is 408 g/mol. The third kappa shape index (κ3) is 5.18. The first-order valence-corrected chi connectivity index (χ1v) is 9.72. The van der Waals surface area contributed by atoms with E-state index < -0.39 is 17.3 Å². The first-order valence-electron chi connectivity index (χ1n) is 9.72. The van der Waals surface area contributed by atoms with Gasteiger partial charge in [-0.05, 0) is 50.5 Å². The summed E-state index contributed by atoms with van der Waals surface area (Å²) in [6.07, 6.45) is -2.07. The number of hydrogen-bond acceptors (Lipinski definition) is 4. The topological polar surface area (TPSA) is 71.2 Å². The second kappa shape index (κ2) is 7.82. The van der Waals surface area contributed by atoms with E-state index in [1.165, 1.54) is 12.3 Å². The number of alkyl halides is 3. The predicted molar refractivity (Wildman–Crippen MR) is 108 cm³/mol. The molecule has 1 saturated heterocycles. The Bertz CT molecular complexity index is 892. The van der Waals surface area contributed by atoms with Crippen LogP contribution in [0.25, 0.3) is 10.9 Å². The lowest BCUT2D eigenvalue weighted by atomic mass is 9.93. The number of carbonyl (C=O) groups is 1. The number of pyridine rings is 1. The molecule has 158 valence electrons. The minimum Gasteiger partial charge on any atom is -0.369 e. The van der Waals surface area contributed by atoms with Crippen molar-refractivity contribution in [3.63, 3.8) is 0 Å². The van der Waals surface area contributed by atoms with Crippen LogP contribution in [0.3, 0.4) is 0 Å². The van der Waals surface area contributed by atoms with Gasteiger partial charge in [0.15, 0.2) is 0 Å². The van der Waals surface area contributed by atoms with Gasteiger partial charge in [0.05, 0.1) is 11.1 Å². The van der Waals surface area contributed by atoms with Crippen LogP contribution in [0.4, 0.5) is 18.9 Å².